The number of aromatic nitrogens is 2. The maximum absolute atomic E-state index is 12.4. The van der Waals surface area contributed by atoms with Crippen molar-refractivity contribution in [3.05, 3.63) is 70.0 Å². The van der Waals surface area contributed by atoms with Crippen LogP contribution in [0.25, 0.3) is 5.69 Å². The number of anilines is 1. The minimum absolute atomic E-state index is 0.208. The maximum atomic E-state index is 12.4. The molecule has 0 aliphatic rings. The number of hydrogen-bond donors (Lipinski definition) is 1. The summed E-state index contributed by atoms with van der Waals surface area (Å²) in [6.07, 6.45) is 2.35. The highest BCUT2D eigenvalue weighted by Gasteiger charge is 2.22. The van der Waals surface area contributed by atoms with Gasteiger partial charge in [0.15, 0.2) is 5.15 Å². The number of carbonyl (C=O) groups is 1. The zero-order valence-corrected chi connectivity index (χ0v) is 20.3. The maximum Gasteiger partial charge on any atom is 0.260 e. The Labute approximate surface area is 201 Å². The van der Waals surface area contributed by atoms with Crippen molar-refractivity contribution in [2.45, 2.75) is 6.92 Å². The van der Waals surface area contributed by atoms with Gasteiger partial charge in [-0.2, -0.15) is 10.2 Å². The third kappa shape index (κ3) is 5.84. The van der Waals surface area contributed by atoms with E-state index >= 15 is 0 Å². The second kappa shape index (κ2) is 10.2. The average Bonchev–Trinajstić information content (AvgIpc) is 3.05. The first-order valence-electron chi connectivity index (χ1n) is 9.55. The Morgan fingerprint density at radius 2 is 1.94 bits per heavy atom. The molecule has 9 nitrogen and oxygen atoms in total. The Balaban J connectivity index is 1.75. The van der Waals surface area contributed by atoms with Crippen LogP contribution in [0.3, 0.4) is 0 Å². The number of hydrazone groups is 1. The number of ether oxygens (including phenoxy) is 1. The van der Waals surface area contributed by atoms with Crippen molar-refractivity contribution < 1.29 is 17.9 Å². The van der Waals surface area contributed by atoms with E-state index in [4.69, 9.17) is 27.9 Å². The second-order valence-corrected chi connectivity index (χ2v) is 9.59. The van der Waals surface area contributed by atoms with Crippen LogP contribution >= 0.6 is 23.2 Å². The van der Waals surface area contributed by atoms with E-state index in [1.165, 1.54) is 31.5 Å². The van der Waals surface area contributed by atoms with Gasteiger partial charge in [0.2, 0.25) is 10.0 Å². The fourth-order valence-corrected chi connectivity index (χ4v) is 4.35. The number of methoxy groups -OCH3 is 1. The molecular formula is C21H21Cl2N5O4S. The lowest BCUT2D eigenvalue weighted by Crippen LogP contribution is -2.39. The molecule has 33 heavy (non-hydrogen) atoms. The van der Waals surface area contributed by atoms with Gasteiger partial charge < -0.3 is 4.74 Å². The number of carbonyl (C=O) groups excluding carboxylic acids is 1. The van der Waals surface area contributed by atoms with Gasteiger partial charge in [0, 0.05) is 0 Å². The molecule has 0 atom stereocenters. The van der Waals surface area contributed by atoms with Gasteiger partial charge in [-0.25, -0.2) is 18.5 Å². The lowest BCUT2D eigenvalue weighted by atomic mass is 10.2. The Bertz CT molecular complexity index is 1290. The molecule has 0 saturated heterocycles. The number of rotatable bonds is 8. The lowest BCUT2D eigenvalue weighted by Gasteiger charge is -2.21. The lowest BCUT2D eigenvalue weighted by molar-refractivity contribution is -0.119. The van der Waals surface area contributed by atoms with Crippen LogP contribution in [-0.4, -0.2) is 50.2 Å². The zero-order valence-electron chi connectivity index (χ0n) is 18.0. The molecular weight excluding hydrogens is 489 g/mol. The number of amides is 1. The van der Waals surface area contributed by atoms with Crippen molar-refractivity contribution in [2.75, 3.05) is 24.2 Å². The molecule has 12 heteroatoms. The molecule has 1 N–H and O–H groups in total. The first kappa shape index (κ1) is 24.6. The Morgan fingerprint density at radius 3 is 2.55 bits per heavy atom. The third-order valence-electron chi connectivity index (χ3n) is 4.61. The van der Waals surface area contributed by atoms with Crippen molar-refractivity contribution in [3.63, 3.8) is 0 Å². The van der Waals surface area contributed by atoms with Crippen LogP contribution in [0.5, 0.6) is 5.75 Å². The Kier molecular flexibility index (Phi) is 7.62. The molecule has 174 valence electrons. The molecule has 1 aromatic heterocycles. The van der Waals surface area contributed by atoms with E-state index in [1.54, 1.807) is 4.68 Å². The SMILES string of the molecule is COc1ccc(N(CC(=O)N/N=C\c2c(Cl)nn(-c3ccccc3)c2C)S(C)(=O)=O)cc1Cl. The molecule has 1 amide bonds. The van der Waals surface area contributed by atoms with E-state index in [1.807, 2.05) is 37.3 Å². The van der Waals surface area contributed by atoms with E-state index in [0.717, 1.165) is 21.9 Å². The molecule has 0 saturated carbocycles. The molecule has 0 unspecified atom stereocenters. The molecule has 0 bridgehead atoms. The number of halogens is 2. The van der Waals surface area contributed by atoms with Gasteiger partial charge in [0.1, 0.15) is 12.3 Å². The van der Waals surface area contributed by atoms with Gasteiger partial charge in [-0.1, -0.05) is 41.4 Å². The van der Waals surface area contributed by atoms with E-state index in [2.05, 4.69) is 15.6 Å². The van der Waals surface area contributed by atoms with E-state index in [0.29, 0.717) is 11.3 Å². The molecule has 0 aliphatic carbocycles. The topological polar surface area (TPSA) is 106 Å². The highest BCUT2D eigenvalue weighted by Crippen LogP contribution is 2.30. The van der Waals surface area contributed by atoms with E-state index in [9.17, 15) is 13.2 Å². The van der Waals surface area contributed by atoms with Crippen LogP contribution in [0, 0.1) is 6.92 Å². The zero-order chi connectivity index (χ0) is 24.2. The van der Waals surface area contributed by atoms with Crippen molar-refractivity contribution in [2.24, 2.45) is 5.10 Å². The highest BCUT2D eigenvalue weighted by atomic mass is 35.5. The van der Waals surface area contributed by atoms with Crippen molar-refractivity contribution in [1.29, 1.82) is 0 Å². The van der Waals surface area contributed by atoms with Gasteiger partial charge >= 0.3 is 0 Å². The average molecular weight is 510 g/mol. The summed E-state index contributed by atoms with van der Waals surface area (Å²) in [4.78, 5) is 12.4. The monoisotopic (exact) mass is 509 g/mol. The smallest absolute Gasteiger partial charge is 0.260 e. The minimum Gasteiger partial charge on any atom is -0.495 e. The molecule has 0 fully saturated rings. The first-order valence-corrected chi connectivity index (χ1v) is 12.2. The number of nitrogens with one attached hydrogen (secondary N) is 1. The first-order chi connectivity index (χ1) is 15.6. The van der Waals surface area contributed by atoms with Crippen LogP contribution in [0.2, 0.25) is 10.2 Å². The molecule has 0 spiro atoms. The summed E-state index contributed by atoms with van der Waals surface area (Å²) in [5, 5.41) is 8.62. The molecule has 0 aliphatic heterocycles. The molecule has 3 rings (SSSR count). The number of para-hydroxylation sites is 1. The molecule has 2 aromatic carbocycles. The summed E-state index contributed by atoms with van der Waals surface area (Å²) < 4.78 is 32.2. The fraction of sp³-hybridized carbons (Fsp3) is 0.190. The van der Waals surface area contributed by atoms with Crippen LogP contribution in [0.1, 0.15) is 11.3 Å². The number of sulfonamides is 1. The number of benzene rings is 2. The number of nitrogens with zero attached hydrogens (tertiary/aromatic N) is 4. The summed E-state index contributed by atoms with van der Waals surface area (Å²) >= 11 is 12.3. The third-order valence-corrected chi connectivity index (χ3v) is 6.33. The summed E-state index contributed by atoms with van der Waals surface area (Å²) in [5.41, 5.74) is 4.58. The van der Waals surface area contributed by atoms with Gasteiger partial charge in [-0.05, 0) is 37.3 Å². The van der Waals surface area contributed by atoms with Crippen LogP contribution in [-0.2, 0) is 14.8 Å². The minimum atomic E-state index is -3.78. The second-order valence-electron chi connectivity index (χ2n) is 6.92. The van der Waals surface area contributed by atoms with E-state index in [-0.39, 0.29) is 15.9 Å². The molecule has 0 radical (unpaired) electrons. The Hall–Kier alpha value is -3.08. The van der Waals surface area contributed by atoms with Crippen molar-refractivity contribution in [3.8, 4) is 11.4 Å². The predicted molar refractivity (Wildman–Crippen MR) is 129 cm³/mol. The summed E-state index contributed by atoms with van der Waals surface area (Å²) in [5.74, 6) is -0.279. The van der Waals surface area contributed by atoms with Gasteiger partial charge in [-0.15, -0.1) is 0 Å². The molecule has 1 heterocycles. The largest absolute Gasteiger partial charge is 0.495 e. The Morgan fingerprint density at radius 1 is 1.24 bits per heavy atom. The summed E-state index contributed by atoms with van der Waals surface area (Å²) in [6.45, 7) is 1.31. The summed E-state index contributed by atoms with van der Waals surface area (Å²) in [7, 11) is -2.34. The summed E-state index contributed by atoms with van der Waals surface area (Å²) in [6, 6.07) is 13.8. The van der Waals surface area contributed by atoms with Crippen LogP contribution in [0.4, 0.5) is 5.69 Å². The van der Waals surface area contributed by atoms with Gasteiger partial charge in [0.25, 0.3) is 5.91 Å². The van der Waals surface area contributed by atoms with Crippen LogP contribution < -0.4 is 14.5 Å². The van der Waals surface area contributed by atoms with Crippen molar-refractivity contribution in [1.82, 2.24) is 15.2 Å². The van der Waals surface area contributed by atoms with Gasteiger partial charge in [-0.3, -0.25) is 9.10 Å². The number of hydrogen-bond acceptors (Lipinski definition) is 6. The van der Waals surface area contributed by atoms with E-state index < -0.39 is 22.5 Å². The standard InChI is InChI=1S/C21H21Cl2N5O4S/c1-14-17(21(23)26-28(14)15-7-5-4-6-8-15)12-24-25-20(29)13-27(33(3,30)31)16-9-10-19(32-2)18(22)11-16/h4-12H,13H2,1-3H3,(H,25,29)/b24-12-. The quantitative estimate of drug-likeness (QED) is 0.369. The van der Waals surface area contributed by atoms with Crippen LogP contribution in [0.15, 0.2) is 53.6 Å². The fourth-order valence-electron chi connectivity index (χ4n) is 2.99. The van der Waals surface area contributed by atoms with Crippen molar-refractivity contribution >= 4 is 51.0 Å². The normalized spacial score (nSPS) is 11.5. The predicted octanol–water partition coefficient (Wildman–Crippen LogP) is 3.41. The van der Waals surface area contributed by atoms with Gasteiger partial charge in [0.05, 0.1) is 47.2 Å². The molecule has 3 aromatic rings. The highest BCUT2D eigenvalue weighted by molar-refractivity contribution is 7.92.